The van der Waals surface area contributed by atoms with Gasteiger partial charge in [-0.25, -0.2) is 8.37 Å². The van der Waals surface area contributed by atoms with Gasteiger partial charge in [-0.05, 0) is 11.1 Å². The van der Waals surface area contributed by atoms with Crippen LogP contribution in [0.5, 0.6) is 0 Å². The van der Waals surface area contributed by atoms with Crippen LogP contribution < -0.4 is 0 Å². The largest absolute Gasteiger partial charge is 0.400 e. The molecule has 2 aromatic rings. The third-order valence-electron chi connectivity index (χ3n) is 3.73. The maximum Gasteiger partial charge on any atom is 0.400 e. The van der Waals surface area contributed by atoms with Crippen molar-refractivity contribution in [2.75, 3.05) is 13.2 Å². The summed E-state index contributed by atoms with van der Waals surface area (Å²) in [6.07, 6.45) is -1.27. The molecule has 148 valence electrons. The Balaban J connectivity index is 0.00000126. The van der Waals surface area contributed by atoms with E-state index in [1.807, 2.05) is 74.5 Å². The van der Waals surface area contributed by atoms with E-state index in [0.717, 1.165) is 11.1 Å². The monoisotopic (exact) mass is 394 g/mol. The maximum absolute atomic E-state index is 11.6. The molecule has 0 aromatic heterocycles. The molecule has 0 saturated carbocycles. The Morgan fingerprint density at radius 1 is 0.926 bits per heavy atom. The van der Waals surface area contributed by atoms with Gasteiger partial charge in [0.15, 0.2) is 0 Å². The van der Waals surface area contributed by atoms with E-state index >= 15 is 0 Å². The molecule has 0 aliphatic carbocycles. The van der Waals surface area contributed by atoms with Gasteiger partial charge in [0.05, 0.1) is 26.4 Å². The molecule has 2 aromatic carbocycles. The summed E-state index contributed by atoms with van der Waals surface area (Å²) in [6.45, 7) is 4.71. The van der Waals surface area contributed by atoms with Crippen molar-refractivity contribution < 1.29 is 26.3 Å². The highest BCUT2D eigenvalue weighted by Crippen LogP contribution is 2.19. The van der Waals surface area contributed by atoms with Crippen molar-refractivity contribution in [3.63, 3.8) is 0 Å². The molecule has 7 heteroatoms. The number of hydrogen-bond donors (Lipinski definition) is 0. The average molecular weight is 394 g/mol. The van der Waals surface area contributed by atoms with Gasteiger partial charge in [0, 0.05) is 0 Å². The Morgan fingerprint density at radius 2 is 1.48 bits per heavy atom. The van der Waals surface area contributed by atoms with Gasteiger partial charge in [-0.2, -0.15) is 8.42 Å². The van der Waals surface area contributed by atoms with Crippen LogP contribution in [-0.2, 0) is 41.5 Å². The summed E-state index contributed by atoms with van der Waals surface area (Å²) >= 11 is 0. The first-order valence-electron chi connectivity index (χ1n) is 8.97. The Hall–Kier alpha value is -1.77. The van der Waals surface area contributed by atoms with Crippen molar-refractivity contribution in [1.29, 1.82) is 0 Å². The van der Waals surface area contributed by atoms with Gasteiger partial charge in [0.25, 0.3) is 0 Å². The fourth-order valence-electron chi connectivity index (χ4n) is 2.43. The summed E-state index contributed by atoms with van der Waals surface area (Å²) < 4.78 is 44.3. The van der Waals surface area contributed by atoms with E-state index in [4.69, 9.17) is 17.8 Å². The van der Waals surface area contributed by atoms with E-state index in [9.17, 15) is 8.42 Å². The molecular formula is C20H26O6S. The maximum atomic E-state index is 11.6. The SMILES string of the molecule is CC.O=S1(=O)OC[C@@H](OCc2ccccc2)C(COCc2ccccc2)O1. The molecule has 1 unspecified atom stereocenters. The predicted octanol–water partition coefficient (Wildman–Crippen LogP) is 3.48. The fourth-order valence-corrected chi connectivity index (χ4v) is 3.27. The molecule has 1 aliphatic heterocycles. The van der Waals surface area contributed by atoms with E-state index in [2.05, 4.69) is 0 Å². The standard InChI is InChI=1S/C18H20O6S.C2H6/c19-25(20)23-14-17(22-12-16-9-5-2-6-10-16)18(24-25)13-21-11-15-7-3-1-4-8-15;1-2/h1-10,17-18H,11-14H2;1-2H3/t17-,18?;/m1./s1. The lowest BCUT2D eigenvalue weighted by Gasteiger charge is -2.30. The van der Waals surface area contributed by atoms with E-state index < -0.39 is 22.6 Å². The molecule has 27 heavy (non-hydrogen) atoms. The van der Waals surface area contributed by atoms with Gasteiger partial charge < -0.3 is 9.47 Å². The first-order valence-corrected chi connectivity index (χ1v) is 10.3. The molecule has 0 bridgehead atoms. The highest BCUT2D eigenvalue weighted by atomic mass is 32.3. The minimum atomic E-state index is -4.00. The lowest BCUT2D eigenvalue weighted by Crippen LogP contribution is -2.45. The molecule has 1 saturated heterocycles. The van der Waals surface area contributed by atoms with Crippen LogP contribution in [0, 0.1) is 0 Å². The minimum Gasteiger partial charge on any atom is -0.374 e. The summed E-state index contributed by atoms with van der Waals surface area (Å²) in [5, 5.41) is 0. The lowest BCUT2D eigenvalue weighted by molar-refractivity contribution is -0.107. The summed E-state index contributed by atoms with van der Waals surface area (Å²) in [5.41, 5.74) is 1.99. The van der Waals surface area contributed by atoms with Crippen molar-refractivity contribution in [1.82, 2.24) is 0 Å². The van der Waals surface area contributed by atoms with Gasteiger partial charge in [-0.15, -0.1) is 0 Å². The van der Waals surface area contributed by atoms with E-state index in [1.54, 1.807) is 0 Å². The zero-order chi connectivity index (χ0) is 19.5. The zero-order valence-electron chi connectivity index (χ0n) is 15.6. The van der Waals surface area contributed by atoms with Crippen molar-refractivity contribution in [3.05, 3.63) is 71.8 Å². The highest BCUT2D eigenvalue weighted by molar-refractivity contribution is 7.81. The van der Waals surface area contributed by atoms with Gasteiger partial charge in [-0.3, -0.25) is 0 Å². The van der Waals surface area contributed by atoms with E-state index in [-0.39, 0.29) is 13.2 Å². The van der Waals surface area contributed by atoms with Gasteiger partial charge in [0.2, 0.25) is 0 Å². The van der Waals surface area contributed by atoms with Crippen LogP contribution >= 0.6 is 0 Å². The number of hydrogen-bond acceptors (Lipinski definition) is 6. The third-order valence-corrected chi connectivity index (χ3v) is 4.64. The molecule has 2 atom stereocenters. The lowest BCUT2D eigenvalue weighted by atomic mass is 10.2. The second-order valence-electron chi connectivity index (χ2n) is 5.66. The molecule has 0 N–H and O–H groups in total. The van der Waals surface area contributed by atoms with Gasteiger partial charge >= 0.3 is 10.4 Å². The number of rotatable bonds is 7. The van der Waals surface area contributed by atoms with Gasteiger partial charge in [-0.1, -0.05) is 74.5 Å². The molecule has 0 amide bonds. The second-order valence-corrected chi connectivity index (χ2v) is 6.91. The highest BCUT2D eigenvalue weighted by Gasteiger charge is 2.36. The zero-order valence-corrected chi connectivity index (χ0v) is 16.4. The van der Waals surface area contributed by atoms with Crippen LogP contribution in [0.2, 0.25) is 0 Å². The minimum absolute atomic E-state index is 0.0888. The van der Waals surface area contributed by atoms with Crippen molar-refractivity contribution in [3.8, 4) is 0 Å². The molecule has 0 spiro atoms. The topological polar surface area (TPSA) is 71.1 Å². The van der Waals surface area contributed by atoms with Crippen LogP contribution in [0.4, 0.5) is 0 Å². The Morgan fingerprint density at radius 3 is 2.07 bits per heavy atom. The third kappa shape index (κ3) is 7.40. The Labute approximate surface area is 161 Å². The fraction of sp³-hybridized carbons (Fsp3) is 0.400. The summed E-state index contributed by atoms with van der Waals surface area (Å²) in [6, 6.07) is 19.2. The molecule has 1 fully saturated rings. The van der Waals surface area contributed by atoms with Gasteiger partial charge in [0.1, 0.15) is 12.2 Å². The first kappa shape index (κ1) is 21.5. The van der Waals surface area contributed by atoms with Crippen LogP contribution in [0.1, 0.15) is 25.0 Å². The van der Waals surface area contributed by atoms with Crippen molar-refractivity contribution in [2.45, 2.75) is 39.3 Å². The molecule has 1 aliphatic rings. The van der Waals surface area contributed by atoms with E-state index in [1.165, 1.54) is 0 Å². The van der Waals surface area contributed by atoms with Crippen LogP contribution in [-0.4, -0.2) is 33.8 Å². The predicted molar refractivity (Wildman–Crippen MR) is 102 cm³/mol. The molecule has 1 heterocycles. The second kappa shape index (κ2) is 11.2. The summed E-state index contributed by atoms with van der Waals surface area (Å²) in [4.78, 5) is 0. The number of benzene rings is 2. The first-order chi connectivity index (χ1) is 13.1. The van der Waals surface area contributed by atoms with Crippen LogP contribution in [0.15, 0.2) is 60.7 Å². The molecule has 0 radical (unpaired) electrons. The van der Waals surface area contributed by atoms with E-state index in [0.29, 0.717) is 13.2 Å². The molecular weight excluding hydrogens is 368 g/mol. The Bertz CT molecular complexity index is 749. The van der Waals surface area contributed by atoms with Crippen LogP contribution in [0.25, 0.3) is 0 Å². The van der Waals surface area contributed by atoms with Crippen molar-refractivity contribution in [2.24, 2.45) is 0 Å². The normalized spacial score (nSPS) is 21.1. The Kier molecular flexibility index (Phi) is 8.90. The summed E-state index contributed by atoms with van der Waals surface area (Å²) in [5.74, 6) is 0. The quantitative estimate of drug-likeness (QED) is 0.716. The molecule has 3 rings (SSSR count). The number of ether oxygens (including phenoxy) is 2. The smallest absolute Gasteiger partial charge is 0.374 e. The molecule has 6 nitrogen and oxygen atoms in total. The summed E-state index contributed by atoms with van der Waals surface area (Å²) in [7, 11) is -4.00. The average Bonchev–Trinajstić information content (AvgIpc) is 2.70. The van der Waals surface area contributed by atoms with Crippen molar-refractivity contribution >= 4 is 10.4 Å². The van der Waals surface area contributed by atoms with Crippen LogP contribution in [0.3, 0.4) is 0 Å².